The number of aliphatic imine (C=N–C) groups is 2. The minimum absolute atomic E-state index is 0.337. The summed E-state index contributed by atoms with van der Waals surface area (Å²) in [5.41, 5.74) is 8.45. The van der Waals surface area contributed by atoms with Crippen molar-refractivity contribution in [3.8, 4) is 5.75 Å². The van der Waals surface area contributed by atoms with Crippen LogP contribution in [0.3, 0.4) is 0 Å². The molecular weight excluding hydrogens is 321 g/mol. The molecule has 0 aromatic heterocycles. The molecule has 2 aromatic carbocycles. The van der Waals surface area contributed by atoms with Crippen molar-refractivity contribution in [1.82, 2.24) is 5.01 Å². The predicted octanol–water partition coefficient (Wildman–Crippen LogP) is 2.60. The number of fused-ring (bicyclic) bond motifs is 1. The van der Waals surface area contributed by atoms with Crippen molar-refractivity contribution in [2.24, 2.45) is 15.7 Å². The molecule has 0 radical (unpaired) electrons. The lowest BCUT2D eigenvalue weighted by molar-refractivity contribution is 0.414. The molecule has 0 saturated heterocycles. The van der Waals surface area contributed by atoms with Crippen LogP contribution in [0.15, 0.2) is 64.7 Å². The molecule has 0 aliphatic carbocycles. The second kappa shape index (κ2) is 6.03. The second-order valence-corrected chi connectivity index (χ2v) is 5.56. The molecule has 4 rings (SSSR count). The maximum atomic E-state index is 13.7. The van der Waals surface area contributed by atoms with E-state index in [1.807, 2.05) is 29.3 Å². The van der Waals surface area contributed by atoms with Crippen LogP contribution < -0.4 is 15.5 Å². The Kier molecular flexibility index (Phi) is 3.70. The van der Waals surface area contributed by atoms with Gasteiger partial charge < -0.3 is 4.74 Å². The van der Waals surface area contributed by atoms with Gasteiger partial charge in [0, 0.05) is 5.56 Å². The number of anilines is 1. The maximum absolute atomic E-state index is 13.7. The smallest absolute Gasteiger partial charge is 0.194 e. The Bertz CT molecular complexity index is 908. The van der Waals surface area contributed by atoms with E-state index in [1.165, 1.54) is 12.1 Å². The molecule has 2 heterocycles. The van der Waals surface area contributed by atoms with Crippen LogP contribution >= 0.6 is 0 Å². The van der Waals surface area contributed by atoms with Gasteiger partial charge in [-0.3, -0.25) is 10.7 Å². The van der Waals surface area contributed by atoms with E-state index in [-0.39, 0.29) is 5.82 Å². The Morgan fingerprint density at radius 3 is 2.80 bits per heavy atom. The van der Waals surface area contributed by atoms with Gasteiger partial charge >= 0.3 is 0 Å². The molecule has 1 atom stereocenters. The normalized spacial score (nSPS) is 18.8. The third kappa shape index (κ3) is 2.64. The third-order valence-electron chi connectivity index (χ3n) is 4.00. The quantitative estimate of drug-likeness (QED) is 0.935. The van der Waals surface area contributed by atoms with E-state index in [4.69, 9.17) is 10.5 Å². The van der Waals surface area contributed by atoms with E-state index in [1.54, 1.807) is 36.7 Å². The second-order valence-electron chi connectivity index (χ2n) is 5.56. The number of hydrogen-bond donors (Lipinski definition) is 1. The van der Waals surface area contributed by atoms with E-state index in [9.17, 15) is 4.39 Å². The fraction of sp³-hybridized carbons (Fsp3) is 0.111. The van der Waals surface area contributed by atoms with Gasteiger partial charge in [-0.2, -0.15) is 0 Å². The van der Waals surface area contributed by atoms with Crippen LogP contribution in [0.2, 0.25) is 0 Å². The van der Waals surface area contributed by atoms with Crippen molar-refractivity contribution < 1.29 is 9.13 Å². The summed E-state index contributed by atoms with van der Waals surface area (Å²) in [5, 5.41) is 3.57. The monoisotopic (exact) mass is 337 g/mol. The van der Waals surface area contributed by atoms with Gasteiger partial charge in [-0.05, 0) is 30.3 Å². The predicted molar refractivity (Wildman–Crippen MR) is 95.6 cm³/mol. The van der Waals surface area contributed by atoms with Crippen molar-refractivity contribution in [2.75, 3.05) is 12.1 Å². The lowest BCUT2D eigenvalue weighted by Gasteiger charge is -2.35. The highest BCUT2D eigenvalue weighted by Crippen LogP contribution is 2.33. The minimum Gasteiger partial charge on any atom is -0.497 e. The standard InChI is InChI=1S/C18H16FN5O/c1-25-15-7-2-4-12(8-15)16-10-21-11-17-22-18(20)23(24(16)17)14-6-3-5-13(19)9-14/h2-11,18H,20H2,1H3. The Hall–Kier alpha value is -3.19. The van der Waals surface area contributed by atoms with Crippen molar-refractivity contribution in [3.63, 3.8) is 0 Å². The van der Waals surface area contributed by atoms with Crippen molar-refractivity contribution >= 4 is 23.4 Å². The van der Waals surface area contributed by atoms with E-state index in [0.29, 0.717) is 11.5 Å². The maximum Gasteiger partial charge on any atom is 0.194 e. The summed E-state index contributed by atoms with van der Waals surface area (Å²) in [6.07, 6.45) is 2.68. The Morgan fingerprint density at radius 2 is 2.00 bits per heavy atom. The largest absolute Gasteiger partial charge is 0.497 e. The first kappa shape index (κ1) is 15.3. The van der Waals surface area contributed by atoms with Gasteiger partial charge in [0.05, 0.1) is 30.9 Å². The molecule has 1 unspecified atom stereocenters. The summed E-state index contributed by atoms with van der Waals surface area (Å²) >= 11 is 0. The summed E-state index contributed by atoms with van der Waals surface area (Å²) in [5.74, 6) is 0.986. The summed E-state index contributed by atoms with van der Waals surface area (Å²) in [7, 11) is 1.62. The molecule has 0 amide bonds. The third-order valence-corrected chi connectivity index (χ3v) is 4.00. The highest BCUT2D eigenvalue weighted by Gasteiger charge is 2.35. The first-order valence-electron chi connectivity index (χ1n) is 7.73. The van der Waals surface area contributed by atoms with Gasteiger partial charge in [0.15, 0.2) is 12.1 Å². The van der Waals surface area contributed by atoms with Gasteiger partial charge in [0.2, 0.25) is 0 Å². The Morgan fingerprint density at radius 1 is 1.16 bits per heavy atom. The molecule has 7 heteroatoms. The van der Waals surface area contributed by atoms with Gasteiger partial charge in [-0.1, -0.05) is 18.2 Å². The summed E-state index contributed by atoms with van der Waals surface area (Å²) in [6.45, 7) is 0. The first-order valence-corrected chi connectivity index (χ1v) is 7.73. The first-order chi connectivity index (χ1) is 12.2. The number of hydrogen-bond acceptors (Lipinski definition) is 6. The highest BCUT2D eigenvalue weighted by atomic mass is 19.1. The average Bonchev–Trinajstić information content (AvgIpc) is 2.97. The van der Waals surface area contributed by atoms with Crippen molar-refractivity contribution in [2.45, 2.75) is 6.29 Å². The molecule has 2 aromatic rings. The number of methoxy groups -OCH3 is 1. The molecule has 2 N–H and O–H groups in total. The minimum atomic E-state index is -0.671. The lowest BCUT2D eigenvalue weighted by atomic mass is 10.1. The fourth-order valence-electron chi connectivity index (χ4n) is 2.90. The van der Waals surface area contributed by atoms with E-state index >= 15 is 0 Å². The molecule has 6 nitrogen and oxygen atoms in total. The molecule has 0 fully saturated rings. The van der Waals surface area contributed by atoms with E-state index in [2.05, 4.69) is 9.98 Å². The van der Waals surface area contributed by atoms with Gasteiger partial charge in [0.25, 0.3) is 0 Å². The van der Waals surface area contributed by atoms with Crippen LogP contribution in [0.4, 0.5) is 10.1 Å². The van der Waals surface area contributed by atoms with Gasteiger partial charge in [-0.25, -0.2) is 19.4 Å². The van der Waals surface area contributed by atoms with Crippen LogP contribution in [0.5, 0.6) is 5.75 Å². The zero-order valence-corrected chi connectivity index (χ0v) is 13.5. The van der Waals surface area contributed by atoms with Crippen LogP contribution in [0.25, 0.3) is 5.70 Å². The van der Waals surface area contributed by atoms with Gasteiger partial charge in [0.1, 0.15) is 11.6 Å². The SMILES string of the molecule is COc1cccc(C2=CN=CC3=NC(N)N(c4cccc(F)c4)N23)c1. The molecule has 2 aliphatic rings. The summed E-state index contributed by atoms with van der Waals surface area (Å²) in [4.78, 5) is 8.68. The van der Waals surface area contributed by atoms with Crippen molar-refractivity contribution in [3.05, 3.63) is 66.1 Å². The average molecular weight is 337 g/mol. The highest BCUT2D eigenvalue weighted by molar-refractivity contribution is 6.33. The van der Waals surface area contributed by atoms with Crippen LogP contribution in [0.1, 0.15) is 5.56 Å². The number of amidine groups is 1. The Balaban J connectivity index is 1.79. The topological polar surface area (TPSA) is 66.5 Å². The van der Waals surface area contributed by atoms with E-state index in [0.717, 1.165) is 17.0 Å². The number of halogens is 1. The number of benzene rings is 2. The number of ether oxygens (including phenoxy) is 1. The molecule has 126 valence electrons. The fourth-order valence-corrected chi connectivity index (χ4v) is 2.90. The molecule has 0 bridgehead atoms. The summed E-state index contributed by atoms with van der Waals surface area (Å²) in [6, 6.07) is 13.9. The molecule has 0 spiro atoms. The van der Waals surface area contributed by atoms with Crippen molar-refractivity contribution in [1.29, 1.82) is 0 Å². The van der Waals surface area contributed by atoms with Crippen LogP contribution in [-0.4, -0.2) is 30.5 Å². The molecule has 25 heavy (non-hydrogen) atoms. The molecule has 2 aliphatic heterocycles. The molecule has 0 saturated carbocycles. The number of hydrazine groups is 1. The van der Waals surface area contributed by atoms with Crippen LogP contribution in [-0.2, 0) is 0 Å². The van der Waals surface area contributed by atoms with Crippen LogP contribution in [0, 0.1) is 5.82 Å². The molecular formula is C18H16FN5O. The zero-order chi connectivity index (χ0) is 17.4. The summed E-state index contributed by atoms with van der Waals surface area (Å²) < 4.78 is 19.0. The van der Waals surface area contributed by atoms with E-state index < -0.39 is 6.29 Å². The lowest BCUT2D eigenvalue weighted by Crippen LogP contribution is -2.48. The Labute approximate surface area is 144 Å². The number of nitrogens with zero attached hydrogens (tertiary/aromatic N) is 4. The van der Waals surface area contributed by atoms with Gasteiger partial charge in [-0.15, -0.1) is 0 Å². The number of rotatable bonds is 3. The zero-order valence-electron chi connectivity index (χ0n) is 13.5. The number of nitrogens with two attached hydrogens (primary N) is 1.